The summed E-state index contributed by atoms with van der Waals surface area (Å²) in [7, 11) is 3.23. The quantitative estimate of drug-likeness (QED) is 0.682. The van der Waals surface area contributed by atoms with Crippen LogP contribution in [-0.4, -0.2) is 41.6 Å². The van der Waals surface area contributed by atoms with Crippen LogP contribution in [0.1, 0.15) is 5.56 Å². The molecule has 0 aliphatic rings. The molecule has 1 heterocycles. The summed E-state index contributed by atoms with van der Waals surface area (Å²) in [6.45, 7) is 0.977. The predicted octanol–water partition coefficient (Wildman–Crippen LogP) is 2.63. The SMILES string of the molecule is COc1ccc(OC)c(COC[C@@H](O)Cn2cnc3ccccc32)c1. The van der Waals surface area contributed by atoms with E-state index in [-0.39, 0.29) is 6.61 Å². The molecule has 0 fully saturated rings. The van der Waals surface area contributed by atoms with E-state index < -0.39 is 6.10 Å². The van der Waals surface area contributed by atoms with Gasteiger partial charge in [0.1, 0.15) is 11.5 Å². The second-order valence-electron chi connectivity index (χ2n) is 5.73. The lowest BCUT2D eigenvalue weighted by molar-refractivity contribution is 0.0202. The van der Waals surface area contributed by atoms with Crippen molar-refractivity contribution in [2.45, 2.75) is 19.3 Å². The van der Waals surface area contributed by atoms with Gasteiger partial charge in [-0.05, 0) is 30.3 Å². The van der Waals surface area contributed by atoms with Gasteiger partial charge in [0, 0.05) is 5.56 Å². The predicted molar refractivity (Wildman–Crippen MR) is 94.9 cm³/mol. The Morgan fingerprint density at radius 1 is 1.12 bits per heavy atom. The lowest BCUT2D eigenvalue weighted by atomic mass is 10.2. The molecular weight excluding hydrogens is 320 g/mol. The Morgan fingerprint density at radius 3 is 2.76 bits per heavy atom. The van der Waals surface area contributed by atoms with E-state index in [4.69, 9.17) is 14.2 Å². The minimum absolute atomic E-state index is 0.215. The van der Waals surface area contributed by atoms with Crippen molar-refractivity contribution in [2.24, 2.45) is 0 Å². The van der Waals surface area contributed by atoms with Gasteiger partial charge in [-0.3, -0.25) is 0 Å². The number of ether oxygens (including phenoxy) is 3. The molecule has 1 aromatic heterocycles. The van der Waals surface area contributed by atoms with E-state index in [0.717, 1.165) is 28.1 Å². The van der Waals surface area contributed by atoms with Crippen molar-refractivity contribution >= 4 is 11.0 Å². The molecule has 0 bridgehead atoms. The van der Waals surface area contributed by atoms with Gasteiger partial charge in [0.15, 0.2) is 0 Å². The first kappa shape index (κ1) is 17.3. The van der Waals surface area contributed by atoms with Gasteiger partial charge in [0.05, 0.1) is 57.4 Å². The molecule has 2 aromatic carbocycles. The van der Waals surface area contributed by atoms with Gasteiger partial charge in [-0.1, -0.05) is 12.1 Å². The van der Waals surface area contributed by atoms with Crippen LogP contribution in [0.25, 0.3) is 11.0 Å². The number of hydrogen-bond acceptors (Lipinski definition) is 5. The molecule has 3 rings (SSSR count). The molecule has 132 valence electrons. The zero-order chi connectivity index (χ0) is 17.6. The van der Waals surface area contributed by atoms with Crippen LogP contribution < -0.4 is 9.47 Å². The minimum atomic E-state index is -0.630. The molecule has 25 heavy (non-hydrogen) atoms. The van der Waals surface area contributed by atoms with Gasteiger partial charge in [-0.2, -0.15) is 0 Å². The fraction of sp³-hybridized carbons (Fsp3) is 0.316. The number of benzene rings is 2. The van der Waals surface area contributed by atoms with Crippen molar-refractivity contribution in [1.82, 2.24) is 9.55 Å². The minimum Gasteiger partial charge on any atom is -0.497 e. The maximum absolute atomic E-state index is 10.3. The summed E-state index contributed by atoms with van der Waals surface area (Å²) in [6, 6.07) is 13.4. The lowest BCUT2D eigenvalue weighted by Gasteiger charge is -2.14. The van der Waals surface area contributed by atoms with Gasteiger partial charge < -0.3 is 23.9 Å². The number of methoxy groups -OCH3 is 2. The second-order valence-corrected chi connectivity index (χ2v) is 5.73. The number of para-hydroxylation sites is 2. The van der Waals surface area contributed by atoms with Crippen LogP contribution in [0.3, 0.4) is 0 Å². The van der Waals surface area contributed by atoms with Crippen LogP contribution in [-0.2, 0) is 17.9 Å². The number of imidazole rings is 1. The molecule has 6 nitrogen and oxygen atoms in total. The third kappa shape index (κ3) is 4.10. The van der Waals surface area contributed by atoms with Crippen LogP contribution in [0, 0.1) is 0 Å². The van der Waals surface area contributed by atoms with E-state index >= 15 is 0 Å². The van der Waals surface area contributed by atoms with Gasteiger partial charge in [-0.15, -0.1) is 0 Å². The lowest BCUT2D eigenvalue weighted by Crippen LogP contribution is -2.21. The second kappa shape index (κ2) is 8.00. The highest BCUT2D eigenvalue weighted by Crippen LogP contribution is 2.24. The molecule has 0 radical (unpaired) electrons. The highest BCUT2D eigenvalue weighted by Gasteiger charge is 2.10. The van der Waals surface area contributed by atoms with Gasteiger partial charge in [-0.25, -0.2) is 4.98 Å². The standard InChI is InChI=1S/C19H22N2O4/c1-23-16-7-8-19(24-2)14(9-16)11-25-12-15(22)10-21-13-20-17-5-3-4-6-18(17)21/h3-9,13,15,22H,10-12H2,1-2H3/t15-/m0/s1. The van der Waals surface area contributed by atoms with E-state index in [1.807, 2.05) is 47.0 Å². The first-order valence-corrected chi connectivity index (χ1v) is 8.08. The zero-order valence-electron chi connectivity index (χ0n) is 14.4. The molecule has 0 saturated carbocycles. The van der Waals surface area contributed by atoms with Gasteiger partial charge in [0.25, 0.3) is 0 Å². The van der Waals surface area contributed by atoms with E-state index in [2.05, 4.69) is 4.98 Å². The molecule has 0 unspecified atom stereocenters. The zero-order valence-corrected chi connectivity index (χ0v) is 14.4. The fourth-order valence-corrected chi connectivity index (χ4v) is 2.74. The Balaban J connectivity index is 1.57. The number of fused-ring (bicyclic) bond motifs is 1. The number of aliphatic hydroxyl groups is 1. The Bertz CT molecular complexity index is 831. The number of hydrogen-bond donors (Lipinski definition) is 1. The molecule has 0 spiro atoms. The number of aromatic nitrogens is 2. The Labute approximate surface area is 146 Å². The maximum Gasteiger partial charge on any atom is 0.124 e. The fourth-order valence-electron chi connectivity index (χ4n) is 2.74. The Morgan fingerprint density at radius 2 is 1.96 bits per heavy atom. The topological polar surface area (TPSA) is 65.7 Å². The average Bonchev–Trinajstić information content (AvgIpc) is 3.04. The molecule has 0 saturated heterocycles. The van der Waals surface area contributed by atoms with Crippen LogP contribution in [0.4, 0.5) is 0 Å². The largest absolute Gasteiger partial charge is 0.497 e. The molecule has 0 amide bonds. The molecular formula is C19H22N2O4. The van der Waals surface area contributed by atoms with Crippen LogP contribution in [0.15, 0.2) is 48.8 Å². The monoisotopic (exact) mass is 342 g/mol. The van der Waals surface area contributed by atoms with Crippen molar-refractivity contribution in [2.75, 3.05) is 20.8 Å². The van der Waals surface area contributed by atoms with E-state index in [0.29, 0.717) is 13.2 Å². The van der Waals surface area contributed by atoms with Crippen molar-refractivity contribution in [3.05, 3.63) is 54.4 Å². The number of aliphatic hydroxyl groups excluding tert-OH is 1. The molecule has 0 aliphatic carbocycles. The third-order valence-corrected chi connectivity index (χ3v) is 3.99. The van der Waals surface area contributed by atoms with Crippen LogP contribution >= 0.6 is 0 Å². The molecule has 1 atom stereocenters. The summed E-state index contributed by atoms with van der Waals surface area (Å²) in [4.78, 5) is 4.32. The summed E-state index contributed by atoms with van der Waals surface area (Å²) in [5.41, 5.74) is 2.79. The van der Waals surface area contributed by atoms with E-state index in [1.165, 1.54) is 0 Å². The normalized spacial score (nSPS) is 12.3. The Kier molecular flexibility index (Phi) is 5.53. The van der Waals surface area contributed by atoms with Gasteiger partial charge in [0.2, 0.25) is 0 Å². The van der Waals surface area contributed by atoms with E-state index in [1.54, 1.807) is 20.5 Å². The summed E-state index contributed by atoms with van der Waals surface area (Å²) < 4.78 is 18.1. The number of rotatable bonds is 8. The van der Waals surface area contributed by atoms with Crippen molar-refractivity contribution in [1.29, 1.82) is 0 Å². The van der Waals surface area contributed by atoms with Crippen LogP contribution in [0.2, 0.25) is 0 Å². The highest BCUT2D eigenvalue weighted by molar-refractivity contribution is 5.74. The first-order valence-electron chi connectivity index (χ1n) is 8.08. The van der Waals surface area contributed by atoms with Gasteiger partial charge >= 0.3 is 0 Å². The van der Waals surface area contributed by atoms with Crippen molar-refractivity contribution in [3.63, 3.8) is 0 Å². The van der Waals surface area contributed by atoms with Crippen molar-refractivity contribution < 1.29 is 19.3 Å². The average molecular weight is 342 g/mol. The summed E-state index contributed by atoms with van der Waals surface area (Å²) in [6.07, 6.45) is 1.10. The highest BCUT2D eigenvalue weighted by atomic mass is 16.5. The number of nitrogens with zero attached hydrogens (tertiary/aromatic N) is 2. The Hall–Kier alpha value is -2.57. The van der Waals surface area contributed by atoms with E-state index in [9.17, 15) is 5.11 Å². The maximum atomic E-state index is 10.3. The smallest absolute Gasteiger partial charge is 0.124 e. The summed E-state index contributed by atoms with van der Waals surface area (Å²) in [5, 5.41) is 10.3. The third-order valence-electron chi connectivity index (χ3n) is 3.99. The molecule has 3 aromatic rings. The summed E-state index contributed by atoms with van der Waals surface area (Å²) >= 11 is 0. The molecule has 1 N–H and O–H groups in total. The van der Waals surface area contributed by atoms with Crippen LogP contribution in [0.5, 0.6) is 11.5 Å². The molecule has 6 heteroatoms. The van der Waals surface area contributed by atoms with Crippen molar-refractivity contribution in [3.8, 4) is 11.5 Å². The first-order chi connectivity index (χ1) is 12.2. The summed E-state index contributed by atoms with van der Waals surface area (Å²) in [5.74, 6) is 1.47. The molecule has 0 aliphatic heterocycles.